The number of benzene rings is 1. The van der Waals surface area contributed by atoms with Crippen LogP contribution in [0.1, 0.15) is 40.9 Å². The Kier molecular flexibility index (Phi) is 6.96. The Morgan fingerprint density at radius 2 is 1.96 bits per heavy atom. The first-order valence-electron chi connectivity index (χ1n) is 7.93. The van der Waals surface area contributed by atoms with E-state index in [1.54, 1.807) is 11.4 Å². The molecule has 128 valence electrons. The van der Waals surface area contributed by atoms with Crippen molar-refractivity contribution < 1.29 is 14.7 Å². The van der Waals surface area contributed by atoms with Gasteiger partial charge in [0, 0.05) is 23.9 Å². The largest absolute Gasteiger partial charge is 0.394 e. The zero-order chi connectivity index (χ0) is 17.4. The molecule has 3 N–H and O–H groups in total. The number of nitrogens with one attached hydrogen (secondary N) is 2. The van der Waals surface area contributed by atoms with E-state index in [1.807, 2.05) is 29.6 Å². The van der Waals surface area contributed by atoms with Gasteiger partial charge in [-0.3, -0.25) is 9.59 Å². The molecule has 1 heterocycles. The summed E-state index contributed by atoms with van der Waals surface area (Å²) in [4.78, 5) is 23.8. The molecule has 24 heavy (non-hydrogen) atoms. The summed E-state index contributed by atoms with van der Waals surface area (Å²) in [7, 11) is 0. The summed E-state index contributed by atoms with van der Waals surface area (Å²) in [6.45, 7) is 2.16. The van der Waals surface area contributed by atoms with Gasteiger partial charge in [0.2, 0.25) is 5.91 Å². The van der Waals surface area contributed by atoms with Crippen molar-refractivity contribution in [3.8, 4) is 0 Å². The molecule has 0 fully saturated rings. The van der Waals surface area contributed by atoms with Gasteiger partial charge < -0.3 is 15.7 Å². The van der Waals surface area contributed by atoms with Crippen LogP contribution in [0.5, 0.6) is 0 Å². The lowest BCUT2D eigenvalue weighted by Gasteiger charge is -2.17. The Morgan fingerprint density at radius 1 is 1.21 bits per heavy atom. The van der Waals surface area contributed by atoms with Crippen LogP contribution >= 0.6 is 11.3 Å². The number of aliphatic hydroxyl groups excluding tert-OH is 1. The van der Waals surface area contributed by atoms with Crippen LogP contribution in [0.4, 0.5) is 0 Å². The van der Waals surface area contributed by atoms with Crippen molar-refractivity contribution in [2.75, 3.05) is 13.2 Å². The molecule has 0 bridgehead atoms. The summed E-state index contributed by atoms with van der Waals surface area (Å²) in [6.07, 6.45) is 1.11. The van der Waals surface area contributed by atoms with Gasteiger partial charge in [-0.05, 0) is 29.0 Å². The van der Waals surface area contributed by atoms with Gasteiger partial charge in [-0.25, -0.2) is 0 Å². The van der Waals surface area contributed by atoms with Crippen LogP contribution in [0.15, 0.2) is 41.1 Å². The lowest BCUT2D eigenvalue weighted by Crippen LogP contribution is -2.34. The fourth-order valence-corrected chi connectivity index (χ4v) is 2.91. The third kappa shape index (κ3) is 5.18. The van der Waals surface area contributed by atoms with Gasteiger partial charge in [0.25, 0.3) is 5.91 Å². The molecule has 0 spiro atoms. The van der Waals surface area contributed by atoms with E-state index in [9.17, 15) is 14.7 Å². The molecule has 5 nitrogen and oxygen atoms in total. The lowest BCUT2D eigenvalue weighted by atomic mass is 10.0. The highest BCUT2D eigenvalue weighted by atomic mass is 32.1. The summed E-state index contributed by atoms with van der Waals surface area (Å²) in [5.41, 5.74) is 2.67. The highest BCUT2D eigenvalue weighted by Crippen LogP contribution is 2.14. The van der Waals surface area contributed by atoms with Crippen molar-refractivity contribution >= 4 is 23.2 Å². The summed E-state index contributed by atoms with van der Waals surface area (Å²) in [6, 6.07) is 9.12. The molecular formula is C18H22N2O3S. The number of hydrogen-bond donors (Lipinski definition) is 3. The molecule has 2 rings (SSSR count). The second-order valence-corrected chi connectivity index (χ2v) is 6.20. The average molecular weight is 346 g/mol. The van der Waals surface area contributed by atoms with E-state index in [0.29, 0.717) is 5.56 Å². The SMILES string of the molecule is CCc1ccc(C(CO)NC(=O)CCNC(=O)c2ccsc2)cc1. The van der Waals surface area contributed by atoms with Crippen molar-refractivity contribution in [3.05, 3.63) is 57.8 Å². The molecular weight excluding hydrogens is 324 g/mol. The first-order valence-corrected chi connectivity index (χ1v) is 8.87. The molecule has 2 aromatic rings. The zero-order valence-electron chi connectivity index (χ0n) is 13.6. The van der Waals surface area contributed by atoms with Crippen LogP contribution in [0.25, 0.3) is 0 Å². The van der Waals surface area contributed by atoms with Crippen LogP contribution in [0.2, 0.25) is 0 Å². The maximum absolute atomic E-state index is 12.0. The standard InChI is InChI=1S/C18H22N2O3S/c1-2-13-3-5-14(6-4-13)16(11-21)20-17(22)7-9-19-18(23)15-8-10-24-12-15/h3-6,8,10,12,16,21H,2,7,9,11H2,1H3,(H,19,23)(H,20,22). The fourth-order valence-electron chi connectivity index (χ4n) is 2.27. The summed E-state index contributed by atoms with van der Waals surface area (Å²) < 4.78 is 0. The predicted octanol–water partition coefficient (Wildman–Crippen LogP) is 2.28. The molecule has 0 radical (unpaired) electrons. The van der Waals surface area contributed by atoms with Crippen molar-refractivity contribution in [1.29, 1.82) is 0 Å². The Hall–Kier alpha value is -2.18. The smallest absolute Gasteiger partial charge is 0.252 e. The van der Waals surface area contributed by atoms with E-state index in [4.69, 9.17) is 0 Å². The second kappa shape index (κ2) is 9.20. The number of rotatable bonds is 8. The van der Waals surface area contributed by atoms with Gasteiger partial charge in [-0.2, -0.15) is 11.3 Å². The van der Waals surface area contributed by atoms with E-state index in [0.717, 1.165) is 12.0 Å². The number of carbonyl (C=O) groups is 2. The molecule has 2 amide bonds. The van der Waals surface area contributed by atoms with Crippen LogP contribution in [0.3, 0.4) is 0 Å². The second-order valence-electron chi connectivity index (χ2n) is 5.42. The molecule has 6 heteroatoms. The molecule has 1 aromatic carbocycles. The third-order valence-electron chi connectivity index (χ3n) is 3.73. The average Bonchev–Trinajstić information content (AvgIpc) is 3.14. The monoisotopic (exact) mass is 346 g/mol. The van der Waals surface area contributed by atoms with Crippen molar-refractivity contribution in [3.63, 3.8) is 0 Å². The Balaban J connectivity index is 1.80. The number of thiophene rings is 1. The van der Waals surface area contributed by atoms with E-state index >= 15 is 0 Å². The minimum atomic E-state index is -0.434. The quantitative estimate of drug-likeness (QED) is 0.686. The summed E-state index contributed by atoms with van der Waals surface area (Å²) in [5, 5.41) is 18.6. The maximum atomic E-state index is 12.0. The van der Waals surface area contributed by atoms with Crippen molar-refractivity contribution in [2.45, 2.75) is 25.8 Å². The summed E-state index contributed by atoms with van der Waals surface area (Å²) >= 11 is 1.45. The minimum absolute atomic E-state index is 0.166. The third-order valence-corrected chi connectivity index (χ3v) is 4.41. The lowest BCUT2D eigenvalue weighted by molar-refractivity contribution is -0.122. The van der Waals surface area contributed by atoms with Crippen LogP contribution in [-0.2, 0) is 11.2 Å². The molecule has 0 aliphatic rings. The Morgan fingerprint density at radius 3 is 2.54 bits per heavy atom. The predicted molar refractivity (Wildman–Crippen MR) is 95.1 cm³/mol. The van der Waals surface area contributed by atoms with E-state index in [-0.39, 0.29) is 31.4 Å². The molecule has 1 atom stereocenters. The van der Waals surface area contributed by atoms with Crippen LogP contribution in [0, 0.1) is 0 Å². The van der Waals surface area contributed by atoms with Crippen LogP contribution in [-0.4, -0.2) is 30.1 Å². The van der Waals surface area contributed by atoms with Gasteiger partial charge in [0.05, 0.1) is 12.6 Å². The molecule has 1 unspecified atom stereocenters. The number of amides is 2. The Bertz CT molecular complexity index is 653. The van der Waals surface area contributed by atoms with Crippen LogP contribution < -0.4 is 10.6 Å². The fraction of sp³-hybridized carbons (Fsp3) is 0.333. The van der Waals surface area contributed by atoms with Gasteiger partial charge in [0.15, 0.2) is 0 Å². The molecule has 0 aliphatic heterocycles. The van der Waals surface area contributed by atoms with Gasteiger partial charge in [0.1, 0.15) is 0 Å². The zero-order valence-corrected chi connectivity index (χ0v) is 14.4. The van der Waals surface area contributed by atoms with Crippen molar-refractivity contribution in [1.82, 2.24) is 10.6 Å². The summed E-state index contributed by atoms with van der Waals surface area (Å²) in [5.74, 6) is -0.392. The van der Waals surface area contributed by atoms with E-state index < -0.39 is 6.04 Å². The number of carbonyl (C=O) groups excluding carboxylic acids is 2. The highest BCUT2D eigenvalue weighted by Gasteiger charge is 2.14. The van der Waals surface area contributed by atoms with Crippen molar-refractivity contribution in [2.24, 2.45) is 0 Å². The maximum Gasteiger partial charge on any atom is 0.252 e. The molecule has 0 saturated carbocycles. The number of aryl methyl sites for hydroxylation is 1. The topological polar surface area (TPSA) is 78.4 Å². The number of hydrogen-bond acceptors (Lipinski definition) is 4. The normalized spacial score (nSPS) is 11.8. The van der Waals surface area contributed by atoms with E-state index in [2.05, 4.69) is 17.6 Å². The van der Waals surface area contributed by atoms with Gasteiger partial charge in [-0.15, -0.1) is 0 Å². The van der Waals surface area contributed by atoms with E-state index in [1.165, 1.54) is 16.9 Å². The minimum Gasteiger partial charge on any atom is -0.394 e. The van der Waals surface area contributed by atoms with Gasteiger partial charge >= 0.3 is 0 Å². The Labute approximate surface area is 145 Å². The molecule has 0 aliphatic carbocycles. The molecule has 0 saturated heterocycles. The first-order chi connectivity index (χ1) is 11.6. The highest BCUT2D eigenvalue weighted by molar-refractivity contribution is 7.08. The molecule has 1 aromatic heterocycles. The number of aliphatic hydroxyl groups is 1. The first kappa shape index (κ1) is 18.2. The van der Waals surface area contributed by atoms with Gasteiger partial charge in [-0.1, -0.05) is 31.2 Å².